The minimum Gasteiger partial charge on any atom is -0.262 e. The third-order valence-corrected chi connectivity index (χ3v) is 5.50. The van der Waals surface area contributed by atoms with Gasteiger partial charge in [0.25, 0.3) is 10.0 Å². The monoisotopic (exact) mass is 439 g/mol. The Morgan fingerprint density at radius 2 is 1.63 bits per heavy atom. The summed E-state index contributed by atoms with van der Waals surface area (Å²) in [6, 6.07) is 11.3. The van der Waals surface area contributed by atoms with E-state index in [1.54, 1.807) is 18.2 Å². The predicted octanol–water partition coefficient (Wildman–Crippen LogP) is 5.23. The number of sulfonamides is 1. The zero-order chi connectivity index (χ0) is 22.1. The number of nitrogens with zero attached hydrogens (tertiary/aromatic N) is 2. The Morgan fingerprint density at radius 3 is 2.27 bits per heavy atom. The molecule has 0 unspecified atom stereocenters. The quantitative estimate of drug-likeness (QED) is 0.437. The summed E-state index contributed by atoms with van der Waals surface area (Å²) in [4.78, 5) is 7.24. The van der Waals surface area contributed by atoms with Gasteiger partial charge in [-0.25, -0.2) is 9.97 Å². The van der Waals surface area contributed by atoms with E-state index in [0.29, 0.717) is 5.56 Å². The molecule has 0 fully saturated rings. The fourth-order valence-electron chi connectivity index (χ4n) is 2.90. The van der Waals surface area contributed by atoms with Crippen molar-refractivity contribution in [2.45, 2.75) is 31.0 Å². The summed E-state index contributed by atoms with van der Waals surface area (Å²) in [6.07, 6.45) is -4.70. The molecule has 0 spiro atoms. The minimum absolute atomic E-state index is 0.0964. The number of rotatable bonds is 5. The van der Waals surface area contributed by atoms with Gasteiger partial charge >= 0.3 is 6.18 Å². The molecule has 0 atom stereocenters. The molecule has 1 N–H and O–H groups in total. The maximum absolute atomic E-state index is 13.6. The number of hydrogen-bond acceptors (Lipinski definition) is 4. The molecule has 10 heteroatoms. The van der Waals surface area contributed by atoms with Crippen LogP contribution in [0.5, 0.6) is 0 Å². The smallest absolute Gasteiger partial charge is 0.262 e. The van der Waals surface area contributed by atoms with E-state index in [-0.39, 0.29) is 17.3 Å². The number of nitrogens with one attached hydrogen (secondary N) is 1. The summed E-state index contributed by atoms with van der Waals surface area (Å²) in [6.45, 7) is 3.66. The van der Waals surface area contributed by atoms with E-state index in [4.69, 9.17) is 0 Å². The minimum atomic E-state index is -4.70. The molecule has 0 aliphatic heterocycles. The lowest BCUT2D eigenvalue weighted by molar-refractivity contribution is -0.137. The zero-order valence-corrected chi connectivity index (χ0v) is 16.7. The molecule has 158 valence electrons. The second-order valence-corrected chi connectivity index (χ2v) is 8.37. The molecular formula is C20H17F4N3O2S. The van der Waals surface area contributed by atoms with E-state index < -0.39 is 38.4 Å². The molecule has 3 rings (SSSR count). The number of benzene rings is 1. The van der Waals surface area contributed by atoms with Crippen LogP contribution in [0.2, 0.25) is 0 Å². The number of pyridine rings is 2. The number of halogens is 4. The van der Waals surface area contributed by atoms with E-state index >= 15 is 0 Å². The third-order valence-electron chi connectivity index (χ3n) is 4.24. The normalized spacial score (nSPS) is 12.2. The number of anilines is 1. The fraction of sp³-hybridized carbons (Fsp3) is 0.200. The Kier molecular flexibility index (Phi) is 5.80. The summed E-state index contributed by atoms with van der Waals surface area (Å²) in [7, 11) is -4.35. The van der Waals surface area contributed by atoms with Crippen LogP contribution < -0.4 is 4.72 Å². The summed E-state index contributed by atoms with van der Waals surface area (Å²) in [5, 5.41) is -0.617. The van der Waals surface area contributed by atoms with Gasteiger partial charge in [-0.05, 0) is 35.7 Å². The highest BCUT2D eigenvalue weighted by atomic mass is 32.2. The van der Waals surface area contributed by atoms with Gasteiger partial charge in [-0.1, -0.05) is 44.2 Å². The van der Waals surface area contributed by atoms with Crippen LogP contribution in [0.4, 0.5) is 23.4 Å². The molecule has 2 heterocycles. The summed E-state index contributed by atoms with van der Waals surface area (Å²) < 4.78 is 81.1. The molecule has 3 aromatic rings. The van der Waals surface area contributed by atoms with Crippen LogP contribution in [0.1, 0.15) is 30.9 Å². The molecule has 2 aromatic heterocycles. The second kappa shape index (κ2) is 8.02. The van der Waals surface area contributed by atoms with E-state index in [0.717, 1.165) is 30.3 Å². The second-order valence-electron chi connectivity index (χ2n) is 6.74. The van der Waals surface area contributed by atoms with Crippen molar-refractivity contribution in [3.63, 3.8) is 0 Å². The summed E-state index contributed by atoms with van der Waals surface area (Å²) in [5.74, 6) is -1.45. The topological polar surface area (TPSA) is 72.0 Å². The van der Waals surface area contributed by atoms with Crippen molar-refractivity contribution >= 4 is 15.8 Å². The average Bonchev–Trinajstić information content (AvgIpc) is 2.66. The molecular weight excluding hydrogens is 422 g/mol. The van der Waals surface area contributed by atoms with E-state index in [1.807, 2.05) is 13.8 Å². The fourth-order valence-corrected chi connectivity index (χ4v) is 3.85. The number of alkyl halides is 3. The zero-order valence-electron chi connectivity index (χ0n) is 15.9. The Balaban J connectivity index is 2.13. The van der Waals surface area contributed by atoms with E-state index in [9.17, 15) is 26.0 Å². The average molecular weight is 439 g/mol. The van der Waals surface area contributed by atoms with Crippen molar-refractivity contribution in [1.29, 1.82) is 0 Å². The summed E-state index contributed by atoms with van der Waals surface area (Å²) in [5.41, 5.74) is -0.534. The van der Waals surface area contributed by atoms with Crippen LogP contribution in [0.25, 0.3) is 11.3 Å². The lowest BCUT2D eigenvalue weighted by Gasteiger charge is -2.18. The van der Waals surface area contributed by atoms with Crippen LogP contribution in [-0.2, 0) is 16.2 Å². The van der Waals surface area contributed by atoms with Gasteiger partial charge in [0.05, 0.1) is 11.3 Å². The van der Waals surface area contributed by atoms with E-state index in [2.05, 4.69) is 14.7 Å². The number of hydrogen-bond donors (Lipinski definition) is 1. The molecule has 0 radical (unpaired) electrons. The highest BCUT2D eigenvalue weighted by Crippen LogP contribution is 2.39. The molecule has 5 nitrogen and oxygen atoms in total. The summed E-state index contributed by atoms with van der Waals surface area (Å²) >= 11 is 0. The van der Waals surface area contributed by atoms with Gasteiger partial charge in [0.15, 0.2) is 5.03 Å². The van der Waals surface area contributed by atoms with Crippen LogP contribution in [0.15, 0.2) is 59.6 Å². The van der Waals surface area contributed by atoms with Crippen LogP contribution in [0, 0.1) is 5.95 Å². The Hall–Kier alpha value is -3.01. The first-order chi connectivity index (χ1) is 14.0. The third kappa shape index (κ3) is 4.59. The van der Waals surface area contributed by atoms with Crippen LogP contribution >= 0.6 is 0 Å². The van der Waals surface area contributed by atoms with Gasteiger partial charge in [-0.2, -0.15) is 26.0 Å². The maximum atomic E-state index is 13.6. The number of aromatic nitrogens is 2. The first-order valence-electron chi connectivity index (χ1n) is 8.82. The van der Waals surface area contributed by atoms with Gasteiger partial charge < -0.3 is 0 Å². The lowest BCUT2D eigenvalue weighted by Crippen LogP contribution is -2.17. The van der Waals surface area contributed by atoms with Gasteiger partial charge in [-0.3, -0.25) is 4.72 Å². The van der Waals surface area contributed by atoms with Crippen molar-refractivity contribution in [1.82, 2.24) is 9.97 Å². The molecule has 1 aromatic carbocycles. The lowest BCUT2D eigenvalue weighted by atomic mass is 9.93. The van der Waals surface area contributed by atoms with Gasteiger partial charge in [0, 0.05) is 5.56 Å². The van der Waals surface area contributed by atoms with Crippen molar-refractivity contribution in [2.24, 2.45) is 0 Å². The first-order valence-corrected chi connectivity index (χ1v) is 10.3. The van der Waals surface area contributed by atoms with Crippen molar-refractivity contribution in [2.75, 3.05) is 4.72 Å². The SMILES string of the molecule is CC(C)c1ccccc1-c1nc(NS(=O)(=O)c2cccc(F)n2)ccc1C(F)(F)F. The van der Waals surface area contributed by atoms with Gasteiger partial charge in [-0.15, -0.1) is 0 Å². The highest BCUT2D eigenvalue weighted by molar-refractivity contribution is 7.92. The van der Waals surface area contributed by atoms with Crippen LogP contribution in [0.3, 0.4) is 0 Å². The Bertz CT molecular complexity index is 1180. The largest absolute Gasteiger partial charge is 0.418 e. The molecule has 30 heavy (non-hydrogen) atoms. The molecule has 0 bridgehead atoms. The van der Waals surface area contributed by atoms with Gasteiger partial charge in [0.1, 0.15) is 5.82 Å². The molecule has 0 saturated heterocycles. The van der Waals surface area contributed by atoms with Crippen molar-refractivity contribution < 1.29 is 26.0 Å². The maximum Gasteiger partial charge on any atom is 0.418 e. The van der Waals surface area contributed by atoms with Crippen molar-refractivity contribution in [3.8, 4) is 11.3 Å². The van der Waals surface area contributed by atoms with Crippen LogP contribution in [-0.4, -0.2) is 18.4 Å². The standard InChI is InChI=1S/C20H17F4N3O2S/c1-12(2)13-6-3-4-7-14(13)19-15(20(22,23)24)10-11-17(26-19)27-30(28,29)18-9-5-8-16(21)25-18/h3-12H,1-2H3,(H,26,27). The van der Waals surface area contributed by atoms with Gasteiger partial charge in [0.2, 0.25) is 5.95 Å². The molecule has 0 aliphatic rings. The first kappa shape index (κ1) is 21.7. The van der Waals surface area contributed by atoms with Crippen molar-refractivity contribution in [3.05, 3.63) is 71.7 Å². The predicted molar refractivity (Wildman–Crippen MR) is 104 cm³/mol. The van der Waals surface area contributed by atoms with E-state index in [1.165, 1.54) is 6.07 Å². The highest BCUT2D eigenvalue weighted by Gasteiger charge is 2.35. The molecule has 0 amide bonds. The molecule has 0 saturated carbocycles. The molecule has 0 aliphatic carbocycles. The Labute approximate surface area is 170 Å². The Morgan fingerprint density at radius 1 is 0.933 bits per heavy atom.